The average molecular weight is 247 g/mol. The molecular weight excluding hydrogens is 232 g/mol. The zero-order chi connectivity index (χ0) is 13.0. The molecule has 0 saturated heterocycles. The van der Waals surface area contributed by atoms with Crippen LogP contribution >= 0.6 is 0 Å². The van der Waals surface area contributed by atoms with E-state index in [0.717, 1.165) is 5.56 Å². The van der Waals surface area contributed by atoms with E-state index in [4.69, 9.17) is 5.73 Å². The molecule has 0 saturated carbocycles. The first-order valence-electron chi connectivity index (χ1n) is 5.60. The van der Waals surface area contributed by atoms with Gasteiger partial charge in [-0.1, -0.05) is 0 Å². The molecule has 0 spiro atoms. The molecule has 2 N–H and O–H groups in total. The van der Waals surface area contributed by atoms with Crippen LogP contribution < -0.4 is 10.3 Å². The van der Waals surface area contributed by atoms with E-state index in [9.17, 15) is 4.79 Å². The standard InChI is InChI=1S/C11H15N6O/c1-16-14-11(13-15-16)8-17-4-2-3-9(7-17)5-10(18)6-12/h2-4,7H,5-6,8,12H2,1H3/q+1. The van der Waals surface area contributed by atoms with Gasteiger partial charge in [-0.2, -0.15) is 9.36 Å². The summed E-state index contributed by atoms with van der Waals surface area (Å²) in [5, 5.41) is 11.8. The molecule has 0 aliphatic rings. The van der Waals surface area contributed by atoms with E-state index in [-0.39, 0.29) is 12.3 Å². The smallest absolute Gasteiger partial charge is 0.239 e. The molecular formula is C11H15N6O+. The van der Waals surface area contributed by atoms with Gasteiger partial charge in [0.05, 0.1) is 13.6 Å². The van der Waals surface area contributed by atoms with Crippen molar-refractivity contribution in [3.8, 4) is 0 Å². The van der Waals surface area contributed by atoms with Crippen molar-refractivity contribution >= 4 is 5.78 Å². The number of carbonyl (C=O) groups is 1. The van der Waals surface area contributed by atoms with Crippen molar-refractivity contribution in [2.45, 2.75) is 13.0 Å². The summed E-state index contributed by atoms with van der Waals surface area (Å²) in [5.74, 6) is 0.648. The Kier molecular flexibility index (Phi) is 3.73. The molecule has 7 nitrogen and oxygen atoms in total. The number of carbonyl (C=O) groups excluding carboxylic acids is 1. The highest BCUT2D eigenvalue weighted by molar-refractivity contribution is 5.82. The monoisotopic (exact) mass is 247 g/mol. The lowest BCUT2D eigenvalue weighted by molar-refractivity contribution is -0.689. The summed E-state index contributed by atoms with van der Waals surface area (Å²) < 4.78 is 1.91. The van der Waals surface area contributed by atoms with Crippen LogP contribution in [0.3, 0.4) is 0 Å². The topological polar surface area (TPSA) is 90.6 Å². The third-order valence-electron chi connectivity index (χ3n) is 2.42. The lowest BCUT2D eigenvalue weighted by Crippen LogP contribution is -2.35. The summed E-state index contributed by atoms with van der Waals surface area (Å²) >= 11 is 0. The highest BCUT2D eigenvalue weighted by atomic mass is 16.1. The summed E-state index contributed by atoms with van der Waals surface area (Å²) in [7, 11) is 1.72. The number of aromatic nitrogens is 5. The summed E-state index contributed by atoms with van der Waals surface area (Å²) in [6.45, 7) is 0.596. The number of Topliss-reactive ketones (excluding diaryl/α,β-unsaturated/α-hetero) is 1. The third-order valence-corrected chi connectivity index (χ3v) is 2.42. The molecule has 0 aromatic carbocycles. The zero-order valence-electron chi connectivity index (χ0n) is 10.2. The molecule has 18 heavy (non-hydrogen) atoms. The molecule has 2 heterocycles. The second kappa shape index (κ2) is 5.46. The molecule has 0 atom stereocenters. The summed E-state index contributed by atoms with van der Waals surface area (Å²) in [5.41, 5.74) is 6.22. The van der Waals surface area contributed by atoms with Gasteiger partial charge >= 0.3 is 0 Å². The Balaban J connectivity index is 2.09. The van der Waals surface area contributed by atoms with Crippen molar-refractivity contribution in [2.24, 2.45) is 12.8 Å². The predicted molar refractivity (Wildman–Crippen MR) is 62.3 cm³/mol. The summed E-state index contributed by atoms with van der Waals surface area (Å²) in [4.78, 5) is 12.7. The highest BCUT2D eigenvalue weighted by Gasteiger charge is 2.10. The van der Waals surface area contributed by atoms with Crippen LogP contribution in [0.5, 0.6) is 0 Å². The Labute approximate surface area is 104 Å². The lowest BCUT2D eigenvalue weighted by atomic mass is 10.1. The number of hydrogen-bond acceptors (Lipinski definition) is 5. The van der Waals surface area contributed by atoms with Crippen LogP contribution in [0.2, 0.25) is 0 Å². The van der Waals surface area contributed by atoms with Gasteiger partial charge in [0.1, 0.15) is 0 Å². The van der Waals surface area contributed by atoms with E-state index < -0.39 is 0 Å². The molecule has 0 amide bonds. The van der Waals surface area contributed by atoms with E-state index in [1.54, 1.807) is 7.05 Å². The van der Waals surface area contributed by atoms with Gasteiger partial charge in [-0.05, 0) is 11.3 Å². The van der Waals surface area contributed by atoms with Crippen LogP contribution in [0.25, 0.3) is 0 Å². The lowest BCUT2D eigenvalue weighted by Gasteiger charge is -1.98. The molecule has 0 aliphatic carbocycles. The van der Waals surface area contributed by atoms with Crippen molar-refractivity contribution in [1.29, 1.82) is 0 Å². The molecule has 0 radical (unpaired) electrons. The van der Waals surface area contributed by atoms with E-state index >= 15 is 0 Å². The molecule has 0 bridgehead atoms. The molecule has 2 rings (SSSR count). The van der Waals surface area contributed by atoms with Crippen LogP contribution in [0.1, 0.15) is 11.4 Å². The third kappa shape index (κ3) is 3.17. The molecule has 2 aromatic heterocycles. The maximum atomic E-state index is 11.3. The molecule has 7 heteroatoms. The minimum atomic E-state index is 0.0189. The fraction of sp³-hybridized carbons (Fsp3) is 0.364. The van der Waals surface area contributed by atoms with Gasteiger partial charge in [0, 0.05) is 18.1 Å². The number of tetrazole rings is 1. The maximum absolute atomic E-state index is 11.3. The highest BCUT2D eigenvalue weighted by Crippen LogP contribution is 1.97. The summed E-state index contributed by atoms with van der Waals surface area (Å²) in [6, 6.07) is 3.78. The Morgan fingerprint density at radius 3 is 3.06 bits per heavy atom. The van der Waals surface area contributed by atoms with Crippen molar-refractivity contribution < 1.29 is 9.36 Å². The van der Waals surface area contributed by atoms with Crippen molar-refractivity contribution in [3.05, 3.63) is 35.9 Å². The van der Waals surface area contributed by atoms with Gasteiger partial charge in [0.15, 0.2) is 18.2 Å². The Hall–Kier alpha value is -2.15. The number of ketones is 1. The van der Waals surface area contributed by atoms with Crippen LogP contribution in [0.4, 0.5) is 0 Å². The first-order valence-corrected chi connectivity index (χ1v) is 5.60. The average Bonchev–Trinajstić information content (AvgIpc) is 2.75. The predicted octanol–water partition coefficient (Wildman–Crippen LogP) is -1.38. The second-order valence-corrected chi connectivity index (χ2v) is 4.00. The van der Waals surface area contributed by atoms with Crippen molar-refractivity contribution in [2.75, 3.05) is 6.54 Å². The molecule has 94 valence electrons. The number of nitrogens with zero attached hydrogens (tertiary/aromatic N) is 5. The number of aryl methyl sites for hydroxylation is 1. The van der Waals surface area contributed by atoms with Crippen LogP contribution in [0, 0.1) is 0 Å². The number of nitrogens with two attached hydrogens (primary N) is 1. The first-order chi connectivity index (χ1) is 8.67. The fourth-order valence-corrected chi connectivity index (χ4v) is 1.63. The van der Waals surface area contributed by atoms with Crippen LogP contribution in [0.15, 0.2) is 24.5 Å². The van der Waals surface area contributed by atoms with Gasteiger partial charge < -0.3 is 5.73 Å². The zero-order valence-corrected chi connectivity index (χ0v) is 10.2. The largest absolute Gasteiger partial charge is 0.324 e. The van der Waals surface area contributed by atoms with Gasteiger partial charge in [-0.25, -0.2) is 0 Å². The normalized spacial score (nSPS) is 10.6. The van der Waals surface area contributed by atoms with Gasteiger partial charge in [0.25, 0.3) is 0 Å². The van der Waals surface area contributed by atoms with Gasteiger partial charge in [0.2, 0.25) is 12.4 Å². The Morgan fingerprint density at radius 2 is 2.39 bits per heavy atom. The van der Waals surface area contributed by atoms with Crippen molar-refractivity contribution in [3.63, 3.8) is 0 Å². The minimum Gasteiger partial charge on any atom is -0.324 e. The van der Waals surface area contributed by atoms with Gasteiger partial charge in [-0.3, -0.25) is 4.79 Å². The van der Waals surface area contributed by atoms with E-state index in [1.807, 2.05) is 29.1 Å². The Morgan fingerprint density at radius 1 is 1.56 bits per heavy atom. The molecule has 0 unspecified atom stereocenters. The SMILES string of the molecule is Cn1nnc(C[n+]2cccc(CC(=O)CN)c2)n1. The Bertz CT molecular complexity index is 550. The molecule has 0 fully saturated rings. The fourth-order valence-electron chi connectivity index (χ4n) is 1.63. The van der Waals surface area contributed by atoms with E-state index in [2.05, 4.69) is 15.4 Å². The number of hydrogen-bond donors (Lipinski definition) is 1. The van der Waals surface area contributed by atoms with Crippen molar-refractivity contribution in [1.82, 2.24) is 20.2 Å². The van der Waals surface area contributed by atoms with Crippen LogP contribution in [-0.2, 0) is 24.8 Å². The van der Waals surface area contributed by atoms with Gasteiger partial charge in [-0.15, -0.1) is 10.2 Å². The minimum absolute atomic E-state index is 0.0189. The van der Waals surface area contributed by atoms with Crippen LogP contribution in [-0.4, -0.2) is 32.5 Å². The van der Waals surface area contributed by atoms with E-state index in [1.165, 1.54) is 4.80 Å². The first kappa shape index (κ1) is 12.3. The maximum Gasteiger partial charge on any atom is 0.239 e. The quantitative estimate of drug-likeness (QED) is 0.657. The molecule has 0 aliphatic heterocycles. The summed E-state index contributed by atoms with van der Waals surface area (Å²) in [6.07, 6.45) is 4.14. The molecule has 2 aromatic rings. The van der Waals surface area contributed by atoms with E-state index in [0.29, 0.717) is 18.8 Å². The number of rotatable bonds is 5. The number of pyridine rings is 1. The second-order valence-electron chi connectivity index (χ2n) is 4.00.